The van der Waals surface area contributed by atoms with Crippen molar-refractivity contribution in [2.75, 3.05) is 33.1 Å². The summed E-state index contributed by atoms with van der Waals surface area (Å²) in [5.74, 6) is -0.562. The number of thiazole rings is 1. The molecule has 0 saturated heterocycles. The van der Waals surface area contributed by atoms with E-state index in [1.165, 1.54) is 41.8 Å². The van der Waals surface area contributed by atoms with Crippen LogP contribution in [0.4, 0.5) is 14.9 Å². The SMILES string of the molecule is COc1cnc2c(-c3nc4cc(F)c(OC[C@@H](C)OC(=O)Nc5cnc(C(=O)N(C)C)nc5)cc4s3)cc(C)cc2n1. The summed E-state index contributed by atoms with van der Waals surface area (Å²) in [6.45, 7) is 3.45. The van der Waals surface area contributed by atoms with Crippen LogP contribution >= 0.6 is 11.3 Å². The lowest BCUT2D eigenvalue weighted by Gasteiger charge is -2.15. The molecule has 2 aromatic carbocycles. The standard InChI is InChI=1S/C28H26FN7O5S/c1-14-6-17(24-20(7-14)34-23(39-5)12-30-24)26-35-19-8-18(29)21(9-22(19)42-26)40-13-15(2)41-28(38)33-16-10-31-25(32-11-16)27(37)36(3)4/h6-12,15H,13H2,1-5H3,(H,33,38)/t15-/m1/s1. The van der Waals surface area contributed by atoms with E-state index in [9.17, 15) is 14.0 Å². The quantitative estimate of drug-likeness (QED) is 0.266. The number of rotatable bonds is 8. The van der Waals surface area contributed by atoms with Gasteiger partial charge in [0.2, 0.25) is 11.7 Å². The summed E-state index contributed by atoms with van der Waals surface area (Å²) in [5, 5.41) is 3.14. The molecule has 5 aromatic rings. The van der Waals surface area contributed by atoms with E-state index in [1.807, 2.05) is 19.1 Å². The second-order valence-electron chi connectivity index (χ2n) is 9.51. The van der Waals surface area contributed by atoms with Crippen LogP contribution in [0.15, 0.2) is 42.9 Å². The Morgan fingerprint density at radius 1 is 1.05 bits per heavy atom. The van der Waals surface area contributed by atoms with E-state index in [0.717, 1.165) is 11.1 Å². The number of halogens is 1. The first-order chi connectivity index (χ1) is 20.1. The average molecular weight is 592 g/mol. The van der Waals surface area contributed by atoms with Gasteiger partial charge in [-0.15, -0.1) is 11.3 Å². The maximum atomic E-state index is 14.9. The van der Waals surface area contributed by atoms with E-state index < -0.39 is 18.0 Å². The molecule has 42 heavy (non-hydrogen) atoms. The molecule has 0 aliphatic heterocycles. The molecule has 0 saturated carbocycles. The van der Waals surface area contributed by atoms with Gasteiger partial charge in [-0.2, -0.15) is 0 Å². The summed E-state index contributed by atoms with van der Waals surface area (Å²) in [6, 6.07) is 6.75. The van der Waals surface area contributed by atoms with Gasteiger partial charge in [-0.25, -0.2) is 34.1 Å². The minimum absolute atomic E-state index is 0.00161. The molecule has 0 radical (unpaired) electrons. The summed E-state index contributed by atoms with van der Waals surface area (Å²) in [6.07, 6.45) is 2.63. The Morgan fingerprint density at radius 3 is 2.52 bits per heavy atom. The van der Waals surface area contributed by atoms with Gasteiger partial charge in [-0.1, -0.05) is 0 Å². The second kappa shape index (κ2) is 11.9. The first-order valence-corrected chi connectivity index (χ1v) is 13.5. The predicted molar refractivity (Wildman–Crippen MR) is 155 cm³/mol. The van der Waals surface area contributed by atoms with Crippen LogP contribution in [0.5, 0.6) is 11.6 Å². The first-order valence-electron chi connectivity index (χ1n) is 12.7. The lowest BCUT2D eigenvalue weighted by Crippen LogP contribution is -2.26. The van der Waals surface area contributed by atoms with Crippen molar-refractivity contribution in [2.24, 2.45) is 0 Å². The lowest BCUT2D eigenvalue weighted by molar-refractivity contribution is 0.0815. The largest absolute Gasteiger partial charge is 0.487 e. The molecular formula is C28H26FN7O5S. The molecule has 5 rings (SSSR count). The molecule has 1 atom stereocenters. The third-order valence-electron chi connectivity index (χ3n) is 5.93. The molecular weight excluding hydrogens is 565 g/mol. The number of ether oxygens (including phenoxy) is 3. The number of aromatic nitrogens is 5. The highest BCUT2D eigenvalue weighted by Gasteiger charge is 2.18. The van der Waals surface area contributed by atoms with Gasteiger partial charge in [0.25, 0.3) is 5.91 Å². The number of hydrogen-bond donors (Lipinski definition) is 1. The Labute approximate surface area is 243 Å². The van der Waals surface area contributed by atoms with Gasteiger partial charge in [0.05, 0.1) is 52.6 Å². The van der Waals surface area contributed by atoms with Crippen molar-refractivity contribution in [3.8, 4) is 22.2 Å². The number of nitrogens with zero attached hydrogens (tertiary/aromatic N) is 6. The molecule has 0 bridgehead atoms. The van der Waals surface area contributed by atoms with E-state index in [-0.39, 0.29) is 29.8 Å². The van der Waals surface area contributed by atoms with E-state index in [2.05, 4.69) is 30.2 Å². The Morgan fingerprint density at radius 2 is 1.81 bits per heavy atom. The summed E-state index contributed by atoms with van der Waals surface area (Å²) in [5.41, 5.74) is 3.79. The van der Waals surface area contributed by atoms with Crippen molar-refractivity contribution in [3.63, 3.8) is 0 Å². The maximum absolute atomic E-state index is 14.9. The third kappa shape index (κ3) is 6.17. The summed E-state index contributed by atoms with van der Waals surface area (Å²) in [7, 11) is 4.69. The van der Waals surface area contributed by atoms with Gasteiger partial charge in [0.15, 0.2) is 11.6 Å². The number of methoxy groups -OCH3 is 1. The van der Waals surface area contributed by atoms with E-state index in [1.54, 1.807) is 33.3 Å². The molecule has 2 amide bonds. The van der Waals surface area contributed by atoms with Gasteiger partial charge in [0.1, 0.15) is 17.7 Å². The molecule has 0 unspecified atom stereocenters. The van der Waals surface area contributed by atoms with Crippen molar-refractivity contribution in [2.45, 2.75) is 20.0 Å². The van der Waals surface area contributed by atoms with Crippen molar-refractivity contribution in [3.05, 3.63) is 60.1 Å². The predicted octanol–water partition coefficient (Wildman–Crippen LogP) is 4.87. The van der Waals surface area contributed by atoms with E-state index in [0.29, 0.717) is 32.1 Å². The number of anilines is 1. The topological polar surface area (TPSA) is 142 Å². The Kier molecular flexibility index (Phi) is 8.06. The Balaban J connectivity index is 1.25. The molecule has 1 N–H and O–H groups in total. The van der Waals surface area contributed by atoms with Crippen molar-refractivity contribution in [1.29, 1.82) is 0 Å². The van der Waals surface area contributed by atoms with Gasteiger partial charge >= 0.3 is 6.09 Å². The highest BCUT2D eigenvalue weighted by molar-refractivity contribution is 7.21. The van der Waals surface area contributed by atoms with Crippen molar-refractivity contribution >= 4 is 50.3 Å². The highest BCUT2D eigenvalue weighted by atomic mass is 32.1. The fourth-order valence-electron chi connectivity index (χ4n) is 3.94. The molecule has 0 aliphatic carbocycles. The number of hydrogen-bond acceptors (Lipinski definition) is 11. The zero-order valence-corrected chi connectivity index (χ0v) is 24.2. The van der Waals surface area contributed by atoms with Gasteiger partial charge < -0.3 is 19.1 Å². The van der Waals surface area contributed by atoms with Gasteiger partial charge in [0, 0.05) is 31.8 Å². The van der Waals surface area contributed by atoms with Crippen LogP contribution in [0.25, 0.3) is 31.8 Å². The van der Waals surface area contributed by atoms with Crippen LogP contribution < -0.4 is 14.8 Å². The number of aryl methyl sites for hydroxylation is 1. The van der Waals surface area contributed by atoms with E-state index in [4.69, 9.17) is 14.2 Å². The summed E-state index contributed by atoms with van der Waals surface area (Å²) in [4.78, 5) is 47.0. The average Bonchev–Trinajstić information content (AvgIpc) is 3.37. The number of carbonyl (C=O) groups is 2. The highest BCUT2D eigenvalue weighted by Crippen LogP contribution is 2.37. The van der Waals surface area contributed by atoms with Crippen LogP contribution in [0, 0.1) is 12.7 Å². The number of carbonyl (C=O) groups excluding carboxylic acids is 2. The number of fused-ring (bicyclic) bond motifs is 2. The van der Waals surface area contributed by atoms with Crippen LogP contribution in [0.3, 0.4) is 0 Å². The van der Waals surface area contributed by atoms with Gasteiger partial charge in [-0.3, -0.25) is 10.1 Å². The molecule has 0 aliphatic rings. The number of nitrogens with one attached hydrogen (secondary N) is 1. The molecule has 216 valence electrons. The number of benzene rings is 2. The van der Waals surface area contributed by atoms with Crippen LogP contribution in [0.1, 0.15) is 23.1 Å². The van der Waals surface area contributed by atoms with Gasteiger partial charge in [-0.05, 0) is 31.5 Å². The second-order valence-corrected chi connectivity index (χ2v) is 10.5. The molecule has 0 spiro atoms. The van der Waals surface area contributed by atoms with Crippen LogP contribution in [-0.2, 0) is 4.74 Å². The monoisotopic (exact) mass is 591 g/mol. The van der Waals surface area contributed by atoms with Crippen LogP contribution in [0.2, 0.25) is 0 Å². The molecule has 3 heterocycles. The van der Waals surface area contributed by atoms with E-state index >= 15 is 0 Å². The first kappa shape index (κ1) is 28.5. The zero-order chi connectivity index (χ0) is 30.0. The zero-order valence-electron chi connectivity index (χ0n) is 23.3. The fourth-order valence-corrected chi connectivity index (χ4v) is 4.93. The lowest BCUT2D eigenvalue weighted by atomic mass is 10.1. The molecule has 0 fully saturated rings. The van der Waals surface area contributed by atoms with Crippen molar-refractivity contribution in [1.82, 2.24) is 29.8 Å². The third-order valence-corrected chi connectivity index (χ3v) is 6.98. The maximum Gasteiger partial charge on any atom is 0.412 e. The molecule has 14 heteroatoms. The minimum atomic E-state index is -0.782. The molecule has 12 nitrogen and oxygen atoms in total. The molecule has 3 aromatic heterocycles. The smallest absolute Gasteiger partial charge is 0.412 e. The summed E-state index contributed by atoms with van der Waals surface area (Å²) >= 11 is 1.37. The van der Waals surface area contributed by atoms with Crippen molar-refractivity contribution < 1.29 is 28.2 Å². The number of amides is 2. The Bertz CT molecular complexity index is 1800. The van der Waals surface area contributed by atoms with Crippen LogP contribution in [-0.4, -0.2) is 75.7 Å². The fraction of sp³-hybridized carbons (Fsp3) is 0.250. The minimum Gasteiger partial charge on any atom is -0.487 e. The Hall–Kier alpha value is -4.98. The normalized spacial score (nSPS) is 11.8. The summed E-state index contributed by atoms with van der Waals surface area (Å²) < 4.78 is 31.8.